The number of primary amides is 1. The highest BCUT2D eigenvalue weighted by atomic mass is 19.3. The molecule has 2 N–H and O–H groups in total. The molecule has 5 saturated carbocycles. The largest absolute Gasteiger partial charge is 0.369 e. The van der Waals surface area contributed by atoms with Crippen LogP contribution in [-0.4, -0.2) is 11.8 Å². The van der Waals surface area contributed by atoms with Crippen LogP contribution in [0.3, 0.4) is 0 Å². The molecule has 5 fully saturated rings. The highest BCUT2D eigenvalue weighted by Crippen LogP contribution is 2.78. The first-order valence-electron chi connectivity index (χ1n) is 8.23. The Bertz CT molecular complexity index is 513. The number of carbonyl (C=O) groups is 1. The van der Waals surface area contributed by atoms with E-state index in [-0.39, 0.29) is 23.7 Å². The van der Waals surface area contributed by atoms with Crippen molar-refractivity contribution in [3.05, 3.63) is 0 Å². The normalized spacial score (nSPS) is 57.0. The minimum absolute atomic E-state index is 0.127. The molecular formula is C17H25F2NO. The Morgan fingerprint density at radius 2 is 1.57 bits per heavy atom. The predicted molar refractivity (Wildman–Crippen MR) is 75.6 cm³/mol. The molecule has 0 radical (unpaired) electrons. The summed E-state index contributed by atoms with van der Waals surface area (Å²) in [6.45, 7) is 4.49. The number of amides is 1. The van der Waals surface area contributed by atoms with Crippen molar-refractivity contribution < 1.29 is 13.6 Å². The van der Waals surface area contributed by atoms with Gasteiger partial charge in [-0.2, -0.15) is 0 Å². The molecule has 0 spiro atoms. The van der Waals surface area contributed by atoms with Crippen LogP contribution in [-0.2, 0) is 4.79 Å². The van der Waals surface area contributed by atoms with E-state index in [0.717, 1.165) is 38.5 Å². The van der Waals surface area contributed by atoms with E-state index in [1.165, 1.54) is 0 Å². The van der Waals surface area contributed by atoms with E-state index >= 15 is 0 Å². The lowest BCUT2D eigenvalue weighted by Gasteiger charge is -2.72. The molecule has 0 heterocycles. The van der Waals surface area contributed by atoms with Gasteiger partial charge < -0.3 is 5.73 Å². The third-order valence-electron chi connectivity index (χ3n) is 7.39. The standard InChI is InChI=1S/C17H25F2NO/c1-13-5-11-6-14(2,8-13)10-15(7-11,9-13)16(12(20)21)3-4-17(16,18)19/h11H,3-10H2,1-2H3,(H2,20,21)/t11?,13-,14+,15?,16?. The minimum Gasteiger partial charge on any atom is -0.369 e. The molecule has 0 aromatic rings. The van der Waals surface area contributed by atoms with Crippen LogP contribution in [0.2, 0.25) is 0 Å². The molecule has 4 bridgehead atoms. The second-order valence-corrected chi connectivity index (χ2v) is 9.38. The van der Waals surface area contributed by atoms with Crippen LogP contribution >= 0.6 is 0 Å². The zero-order valence-electron chi connectivity index (χ0n) is 13.0. The van der Waals surface area contributed by atoms with Crippen molar-refractivity contribution in [2.45, 2.75) is 71.1 Å². The number of carbonyl (C=O) groups excluding carboxylic acids is 1. The van der Waals surface area contributed by atoms with E-state index in [9.17, 15) is 13.6 Å². The van der Waals surface area contributed by atoms with Gasteiger partial charge in [-0.25, -0.2) is 8.78 Å². The van der Waals surface area contributed by atoms with Gasteiger partial charge in [0, 0.05) is 6.42 Å². The van der Waals surface area contributed by atoms with Gasteiger partial charge in [-0.3, -0.25) is 4.79 Å². The molecule has 5 aliphatic carbocycles. The lowest BCUT2D eigenvalue weighted by atomic mass is 9.32. The van der Waals surface area contributed by atoms with Crippen molar-refractivity contribution in [2.75, 3.05) is 0 Å². The maximum atomic E-state index is 14.6. The topological polar surface area (TPSA) is 43.1 Å². The maximum Gasteiger partial charge on any atom is 0.262 e. The summed E-state index contributed by atoms with van der Waals surface area (Å²) in [6.07, 6.45) is 5.85. The van der Waals surface area contributed by atoms with Gasteiger partial charge in [0.25, 0.3) is 5.92 Å². The van der Waals surface area contributed by atoms with Crippen LogP contribution in [0.15, 0.2) is 0 Å². The van der Waals surface area contributed by atoms with E-state index < -0.39 is 22.7 Å². The summed E-state index contributed by atoms with van der Waals surface area (Å²) in [6, 6.07) is 0. The zero-order chi connectivity index (χ0) is 15.3. The van der Waals surface area contributed by atoms with E-state index in [4.69, 9.17) is 5.73 Å². The molecule has 5 atom stereocenters. The fraction of sp³-hybridized carbons (Fsp3) is 0.941. The molecular weight excluding hydrogens is 272 g/mol. The molecule has 2 nitrogen and oxygen atoms in total. The van der Waals surface area contributed by atoms with Crippen molar-refractivity contribution in [1.82, 2.24) is 0 Å². The van der Waals surface area contributed by atoms with Crippen molar-refractivity contribution in [1.29, 1.82) is 0 Å². The number of rotatable bonds is 2. The van der Waals surface area contributed by atoms with Crippen molar-refractivity contribution in [2.24, 2.45) is 33.3 Å². The van der Waals surface area contributed by atoms with Crippen molar-refractivity contribution in [3.8, 4) is 0 Å². The molecule has 118 valence electrons. The Morgan fingerprint density at radius 1 is 1.00 bits per heavy atom. The highest BCUT2D eigenvalue weighted by molar-refractivity contribution is 5.84. The monoisotopic (exact) mass is 297 g/mol. The average Bonchev–Trinajstić information content (AvgIpc) is 2.21. The lowest BCUT2D eigenvalue weighted by Crippen LogP contribution is -2.72. The third-order valence-corrected chi connectivity index (χ3v) is 7.39. The molecule has 3 unspecified atom stereocenters. The highest BCUT2D eigenvalue weighted by Gasteiger charge is 2.78. The molecule has 0 aromatic heterocycles. The smallest absolute Gasteiger partial charge is 0.262 e. The molecule has 0 saturated heterocycles. The van der Waals surface area contributed by atoms with Crippen molar-refractivity contribution >= 4 is 5.91 Å². The first-order valence-corrected chi connectivity index (χ1v) is 8.23. The van der Waals surface area contributed by atoms with Crippen molar-refractivity contribution in [3.63, 3.8) is 0 Å². The number of hydrogen-bond donors (Lipinski definition) is 1. The van der Waals surface area contributed by atoms with Crippen LogP contribution < -0.4 is 5.73 Å². The molecule has 5 aliphatic rings. The average molecular weight is 297 g/mol. The Balaban J connectivity index is 1.86. The van der Waals surface area contributed by atoms with E-state index in [1.807, 2.05) is 0 Å². The second-order valence-electron chi connectivity index (χ2n) is 9.38. The summed E-state index contributed by atoms with van der Waals surface area (Å²) < 4.78 is 29.1. The Labute approximate surface area is 124 Å². The van der Waals surface area contributed by atoms with Gasteiger partial charge in [0.05, 0.1) is 0 Å². The summed E-state index contributed by atoms with van der Waals surface area (Å²) in [5.74, 6) is -3.14. The molecule has 4 heteroatoms. The summed E-state index contributed by atoms with van der Waals surface area (Å²) >= 11 is 0. The van der Waals surface area contributed by atoms with E-state index in [2.05, 4.69) is 13.8 Å². The maximum absolute atomic E-state index is 14.6. The van der Waals surface area contributed by atoms with Crippen LogP contribution in [0.1, 0.15) is 65.2 Å². The Kier molecular flexibility index (Phi) is 2.30. The minimum atomic E-state index is -2.91. The summed E-state index contributed by atoms with van der Waals surface area (Å²) in [5, 5.41) is 0. The van der Waals surface area contributed by atoms with Gasteiger partial charge in [-0.15, -0.1) is 0 Å². The van der Waals surface area contributed by atoms with Crippen LogP contribution in [0.4, 0.5) is 8.78 Å². The summed E-state index contributed by atoms with van der Waals surface area (Å²) in [5.41, 5.74) is 3.73. The second kappa shape index (κ2) is 3.46. The van der Waals surface area contributed by atoms with Gasteiger partial charge in [0.1, 0.15) is 5.41 Å². The van der Waals surface area contributed by atoms with Gasteiger partial charge in [0.15, 0.2) is 0 Å². The molecule has 1 amide bonds. The number of nitrogens with two attached hydrogens (primary N) is 1. The van der Waals surface area contributed by atoms with Gasteiger partial charge in [-0.05, 0) is 67.1 Å². The summed E-state index contributed by atoms with van der Waals surface area (Å²) in [4.78, 5) is 12.2. The fourth-order valence-electron chi connectivity index (χ4n) is 7.71. The van der Waals surface area contributed by atoms with Gasteiger partial charge in [0.2, 0.25) is 5.91 Å². The predicted octanol–water partition coefficient (Wildman–Crippen LogP) is 3.88. The quantitative estimate of drug-likeness (QED) is 0.825. The number of alkyl halides is 2. The lowest BCUT2D eigenvalue weighted by molar-refractivity contribution is -0.294. The van der Waals surface area contributed by atoms with Crippen LogP contribution in [0.25, 0.3) is 0 Å². The first-order chi connectivity index (χ1) is 9.56. The molecule has 5 rings (SSSR count). The SMILES string of the molecule is C[C@]12CC3CC(C4(C(N)=O)CCC4(F)F)(C1)C[C@@](C)(C3)C2. The first kappa shape index (κ1) is 14.0. The fourth-order valence-corrected chi connectivity index (χ4v) is 7.71. The molecule has 0 aromatic carbocycles. The molecule has 0 aliphatic heterocycles. The Hall–Kier alpha value is -0.670. The number of halogens is 2. The van der Waals surface area contributed by atoms with Crippen LogP contribution in [0.5, 0.6) is 0 Å². The summed E-state index contributed by atoms with van der Waals surface area (Å²) in [7, 11) is 0. The van der Waals surface area contributed by atoms with Gasteiger partial charge in [-0.1, -0.05) is 13.8 Å². The molecule has 21 heavy (non-hydrogen) atoms. The van der Waals surface area contributed by atoms with Crippen LogP contribution in [0, 0.1) is 27.6 Å². The Morgan fingerprint density at radius 3 is 1.90 bits per heavy atom. The zero-order valence-corrected chi connectivity index (χ0v) is 13.0. The van der Waals surface area contributed by atoms with E-state index in [1.54, 1.807) is 0 Å². The van der Waals surface area contributed by atoms with Gasteiger partial charge >= 0.3 is 0 Å². The third kappa shape index (κ3) is 1.45. The van der Waals surface area contributed by atoms with E-state index in [0.29, 0.717) is 5.92 Å². The number of hydrogen-bond acceptors (Lipinski definition) is 1.